The topological polar surface area (TPSA) is 36.9 Å². The summed E-state index contributed by atoms with van der Waals surface area (Å²) in [4.78, 5) is 0. The molecule has 0 atom stereocenters. The lowest BCUT2D eigenvalue weighted by molar-refractivity contribution is 0.579. The Balaban J connectivity index is 2.21. The summed E-state index contributed by atoms with van der Waals surface area (Å²) < 4.78 is 5.74. The van der Waals surface area contributed by atoms with Gasteiger partial charge in [-0.05, 0) is 30.7 Å². The fourth-order valence-corrected chi connectivity index (χ4v) is 2.14. The van der Waals surface area contributed by atoms with Crippen LogP contribution in [-0.2, 0) is 0 Å². The molecule has 0 aliphatic rings. The molecule has 0 bridgehead atoms. The molecular formula is C16H11NO. The summed E-state index contributed by atoms with van der Waals surface area (Å²) in [6, 6.07) is 17.8. The van der Waals surface area contributed by atoms with Crippen LogP contribution in [0.1, 0.15) is 11.3 Å². The van der Waals surface area contributed by atoms with Gasteiger partial charge in [0.2, 0.25) is 0 Å². The van der Waals surface area contributed by atoms with Gasteiger partial charge in [-0.1, -0.05) is 30.3 Å². The minimum Gasteiger partial charge on any atom is -0.461 e. The Kier molecular flexibility index (Phi) is 2.39. The molecular weight excluding hydrogens is 222 g/mol. The molecule has 0 aliphatic carbocycles. The zero-order valence-corrected chi connectivity index (χ0v) is 9.97. The van der Waals surface area contributed by atoms with Crippen LogP contribution in [-0.4, -0.2) is 0 Å². The molecule has 2 heteroatoms. The van der Waals surface area contributed by atoms with Crippen LogP contribution in [0.3, 0.4) is 0 Å². The van der Waals surface area contributed by atoms with Crippen molar-refractivity contribution in [3.05, 3.63) is 59.9 Å². The minimum atomic E-state index is 0.668. The lowest BCUT2D eigenvalue weighted by Crippen LogP contribution is -1.79. The van der Waals surface area contributed by atoms with E-state index in [0.29, 0.717) is 5.56 Å². The summed E-state index contributed by atoms with van der Waals surface area (Å²) in [6.45, 7) is 1.95. The number of furan rings is 1. The first-order valence-corrected chi connectivity index (χ1v) is 5.77. The van der Waals surface area contributed by atoms with E-state index in [9.17, 15) is 0 Å². The van der Waals surface area contributed by atoms with E-state index >= 15 is 0 Å². The lowest BCUT2D eigenvalue weighted by Gasteiger charge is -2.02. The van der Waals surface area contributed by atoms with Crippen LogP contribution in [0.4, 0.5) is 0 Å². The highest BCUT2D eigenvalue weighted by Gasteiger charge is 2.07. The standard InChI is InChI=1S/C16H11NO/c1-11-9-14-3-2-4-15(16(14)18-11)13-7-5-12(10-17)6-8-13/h2-9H,1H3. The van der Waals surface area contributed by atoms with Gasteiger partial charge in [0.15, 0.2) is 0 Å². The predicted octanol–water partition coefficient (Wildman–Crippen LogP) is 4.28. The average molecular weight is 233 g/mol. The van der Waals surface area contributed by atoms with Gasteiger partial charge in [-0.2, -0.15) is 5.26 Å². The highest BCUT2D eigenvalue weighted by molar-refractivity contribution is 5.92. The van der Waals surface area contributed by atoms with E-state index in [0.717, 1.165) is 27.9 Å². The molecule has 0 spiro atoms. The molecule has 0 unspecified atom stereocenters. The van der Waals surface area contributed by atoms with Gasteiger partial charge in [0.05, 0.1) is 11.6 Å². The summed E-state index contributed by atoms with van der Waals surface area (Å²) in [7, 11) is 0. The molecule has 0 fully saturated rings. The van der Waals surface area contributed by atoms with Crippen molar-refractivity contribution in [2.24, 2.45) is 0 Å². The van der Waals surface area contributed by atoms with Crippen molar-refractivity contribution in [2.45, 2.75) is 6.92 Å². The van der Waals surface area contributed by atoms with Crippen LogP contribution in [0.5, 0.6) is 0 Å². The molecule has 0 amide bonds. The van der Waals surface area contributed by atoms with Gasteiger partial charge < -0.3 is 4.42 Å². The van der Waals surface area contributed by atoms with Crippen LogP contribution < -0.4 is 0 Å². The van der Waals surface area contributed by atoms with Crippen molar-refractivity contribution in [2.75, 3.05) is 0 Å². The lowest BCUT2D eigenvalue weighted by atomic mass is 10.0. The van der Waals surface area contributed by atoms with E-state index in [1.54, 1.807) is 0 Å². The van der Waals surface area contributed by atoms with Crippen molar-refractivity contribution >= 4 is 11.0 Å². The maximum absolute atomic E-state index is 8.81. The maximum Gasteiger partial charge on any atom is 0.142 e. The number of para-hydroxylation sites is 1. The number of nitrogens with zero attached hydrogens (tertiary/aromatic N) is 1. The van der Waals surface area contributed by atoms with Gasteiger partial charge >= 0.3 is 0 Å². The highest BCUT2D eigenvalue weighted by atomic mass is 16.3. The van der Waals surface area contributed by atoms with E-state index in [-0.39, 0.29) is 0 Å². The molecule has 1 heterocycles. The SMILES string of the molecule is Cc1cc2cccc(-c3ccc(C#N)cc3)c2o1. The minimum absolute atomic E-state index is 0.668. The fraction of sp³-hybridized carbons (Fsp3) is 0.0625. The Hall–Kier alpha value is -2.53. The maximum atomic E-state index is 8.81. The Labute approximate surface area is 105 Å². The Morgan fingerprint density at radius 2 is 1.83 bits per heavy atom. The highest BCUT2D eigenvalue weighted by Crippen LogP contribution is 2.30. The summed E-state index contributed by atoms with van der Waals surface area (Å²) in [5.41, 5.74) is 3.69. The Morgan fingerprint density at radius 3 is 2.56 bits per heavy atom. The van der Waals surface area contributed by atoms with Gasteiger partial charge in [0.1, 0.15) is 11.3 Å². The molecule has 3 aromatic rings. The van der Waals surface area contributed by atoms with Crippen LogP contribution in [0.15, 0.2) is 52.9 Å². The molecule has 3 rings (SSSR count). The van der Waals surface area contributed by atoms with Crippen LogP contribution >= 0.6 is 0 Å². The first-order chi connectivity index (χ1) is 8.78. The smallest absolute Gasteiger partial charge is 0.142 e. The third-order valence-electron chi connectivity index (χ3n) is 2.99. The second-order valence-electron chi connectivity index (χ2n) is 4.27. The van der Waals surface area contributed by atoms with E-state index in [1.165, 1.54) is 0 Å². The number of hydrogen-bond acceptors (Lipinski definition) is 2. The fourth-order valence-electron chi connectivity index (χ4n) is 2.14. The van der Waals surface area contributed by atoms with E-state index in [1.807, 2.05) is 55.5 Å². The first kappa shape index (κ1) is 10.6. The van der Waals surface area contributed by atoms with Crippen molar-refractivity contribution in [3.63, 3.8) is 0 Å². The number of nitriles is 1. The molecule has 0 saturated heterocycles. The Morgan fingerprint density at radius 1 is 1.06 bits per heavy atom. The van der Waals surface area contributed by atoms with E-state index in [4.69, 9.17) is 9.68 Å². The van der Waals surface area contributed by atoms with Crippen LogP contribution in [0.25, 0.3) is 22.1 Å². The van der Waals surface area contributed by atoms with Crippen LogP contribution in [0.2, 0.25) is 0 Å². The van der Waals surface area contributed by atoms with Crippen molar-refractivity contribution < 1.29 is 4.42 Å². The molecule has 0 radical (unpaired) electrons. The van der Waals surface area contributed by atoms with E-state index < -0.39 is 0 Å². The molecule has 2 aromatic carbocycles. The molecule has 0 N–H and O–H groups in total. The molecule has 86 valence electrons. The number of benzene rings is 2. The molecule has 18 heavy (non-hydrogen) atoms. The summed E-state index contributed by atoms with van der Waals surface area (Å²) in [5.74, 6) is 0.908. The quantitative estimate of drug-likeness (QED) is 0.629. The monoisotopic (exact) mass is 233 g/mol. The van der Waals surface area contributed by atoms with Gasteiger partial charge in [0, 0.05) is 10.9 Å². The van der Waals surface area contributed by atoms with Crippen LogP contribution in [0, 0.1) is 18.3 Å². The Bertz CT molecular complexity index is 745. The summed E-state index contributed by atoms with van der Waals surface area (Å²) in [6.07, 6.45) is 0. The van der Waals surface area contributed by atoms with Gasteiger partial charge in [0.25, 0.3) is 0 Å². The number of fused-ring (bicyclic) bond motifs is 1. The normalized spacial score (nSPS) is 10.4. The van der Waals surface area contributed by atoms with Gasteiger partial charge in [-0.15, -0.1) is 0 Å². The second kappa shape index (κ2) is 4.05. The predicted molar refractivity (Wildman–Crippen MR) is 71.1 cm³/mol. The second-order valence-corrected chi connectivity index (χ2v) is 4.27. The number of aryl methyl sites for hydroxylation is 1. The van der Waals surface area contributed by atoms with Gasteiger partial charge in [-0.25, -0.2) is 0 Å². The van der Waals surface area contributed by atoms with E-state index in [2.05, 4.69) is 6.07 Å². The molecule has 2 nitrogen and oxygen atoms in total. The molecule has 1 aromatic heterocycles. The number of rotatable bonds is 1. The third-order valence-corrected chi connectivity index (χ3v) is 2.99. The zero-order chi connectivity index (χ0) is 12.5. The summed E-state index contributed by atoms with van der Waals surface area (Å²) >= 11 is 0. The average Bonchev–Trinajstić information content (AvgIpc) is 2.79. The van der Waals surface area contributed by atoms with Gasteiger partial charge in [-0.3, -0.25) is 0 Å². The zero-order valence-electron chi connectivity index (χ0n) is 9.97. The van der Waals surface area contributed by atoms with Crippen molar-refractivity contribution in [1.29, 1.82) is 5.26 Å². The number of hydrogen-bond donors (Lipinski definition) is 0. The first-order valence-electron chi connectivity index (χ1n) is 5.77. The summed E-state index contributed by atoms with van der Waals surface area (Å²) in [5, 5.41) is 9.91. The third kappa shape index (κ3) is 1.66. The molecule has 0 saturated carbocycles. The van der Waals surface area contributed by atoms with Crippen molar-refractivity contribution in [3.8, 4) is 17.2 Å². The largest absolute Gasteiger partial charge is 0.461 e. The van der Waals surface area contributed by atoms with Crippen molar-refractivity contribution in [1.82, 2.24) is 0 Å². The molecule has 0 aliphatic heterocycles.